The van der Waals surface area contributed by atoms with Gasteiger partial charge in [0.1, 0.15) is 12.3 Å². The predicted molar refractivity (Wildman–Crippen MR) is 129 cm³/mol. The number of thioether (sulfide) groups is 1. The van der Waals surface area contributed by atoms with Crippen LogP contribution in [0.5, 0.6) is 0 Å². The molecule has 0 aliphatic rings. The molecule has 0 fully saturated rings. The Morgan fingerprint density at radius 3 is 2.58 bits per heavy atom. The molecule has 0 bridgehead atoms. The Morgan fingerprint density at radius 1 is 1.03 bits per heavy atom. The van der Waals surface area contributed by atoms with Crippen LogP contribution in [0, 0.1) is 13.8 Å². The minimum absolute atomic E-state index is 0.536. The molecule has 0 aromatic carbocycles. The lowest BCUT2D eigenvalue weighted by Crippen LogP contribution is -2.02. The third kappa shape index (κ3) is 6.14. The van der Waals surface area contributed by atoms with E-state index in [2.05, 4.69) is 48.4 Å². The summed E-state index contributed by atoms with van der Waals surface area (Å²) in [6.45, 7) is 8.67. The highest BCUT2D eigenvalue weighted by Gasteiger charge is 2.12. The first-order valence-corrected chi connectivity index (χ1v) is 11.9. The number of hydrogen-bond donors (Lipinski definition) is 0. The van der Waals surface area contributed by atoms with Gasteiger partial charge in [-0.2, -0.15) is 0 Å². The molecule has 162 valence electrons. The summed E-state index contributed by atoms with van der Waals surface area (Å²) in [6, 6.07) is 14.2. The lowest BCUT2D eigenvalue weighted by atomic mass is 10.1. The van der Waals surface area contributed by atoms with Crippen LogP contribution in [0.25, 0.3) is 11.4 Å². The number of pyridine rings is 3. The lowest BCUT2D eigenvalue weighted by molar-refractivity contribution is 0.141. The minimum Gasteiger partial charge on any atom is -0.396 e. The largest absolute Gasteiger partial charge is 0.396 e. The first-order valence-electron chi connectivity index (χ1n) is 10.6. The fourth-order valence-corrected chi connectivity index (χ4v) is 3.94. The van der Waals surface area contributed by atoms with Crippen LogP contribution in [0.3, 0.4) is 0 Å². The highest BCUT2D eigenvalue weighted by molar-refractivity contribution is 7.98. The van der Waals surface area contributed by atoms with Crippen molar-refractivity contribution in [2.75, 3.05) is 12.9 Å². The molecule has 0 saturated carbocycles. The van der Waals surface area contributed by atoms with E-state index in [9.17, 15) is 0 Å². The van der Waals surface area contributed by atoms with Crippen LogP contribution >= 0.6 is 11.8 Å². The molecule has 0 spiro atoms. The number of oxime groups is 1. The van der Waals surface area contributed by atoms with Gasteiger partial charge in [0, 0.05) is 22.0 Å². The van der Waals surface area contributed by atoms with Crippen LogP contribution < -0.4 is 0 Å². The smallest absolute Gasteiger partial charge is 0.117 e. The Morgan fingerprint density at radius 2 is 1.84 bits per heavy atom. The number of aryl methyl sites for hydroxylation is 3. The highest BCUT2D eigenvalue weighted by atomic mass is 32.2. The summed E-state index contributed by atoms with van der Waals surface area (Å²) in [5.41, 5.74) is 7.83. The maximum atomic E-state index is 5.51. The molecule has 3 aromatic rings. The van der Waals surface area contributed by atoms with E-state index in [1.807, 2.05) is 38.1 Å². The summed E-state index contributed by atoms with van der Waals surface area (Å²) < 4.78 is 0. The molecule has 5 nitrogen and oxygen atoms in total. The number of aromatic nitrogens is 3. The molecule has 3 aromatic heterocycles. The fourth-order valence-electron chi connectivity index (χ4n) is 3.28. The van der Waals surface area contributed by atoms with Gasteiger partial charge in [-0.15, -0.1) is 11.8 Å². The monoisotopic (exact) mass is 434 g/mol. The quantitative estimate of drug-likeness (QED) is 0.184. The summed E-state index contributed by atoms with van der Waals surface area (Å²) in [5, 5.41) is 4.20. The number of rotatable bonds is 9. The molecule has 0 aliphatic carbocycles. The molecule has 3 rings (SSSR count). The van der Waals surface area contributed by atoms with E-state index in [1.54, 1.807) is 11.8 Å². The van der Waals surface area contributed by atoms with Crippen molar-refractivity contribution in [3.63, 3.8) is 0 Å². The van der Waals surface area contributed by atoms with Crippen molar-refractivity contribution in [2.24, 2.45) is 5.16 Å². The minimum atomic E-state index is 0.536. The summed E-state index contributed by atoms with van der Waals surface area (Å²) >= 11 is 1.76. The second-order valence-electron chi connectivity index (χ2n) is 7.43. The maximum Gasteiger partial charge on any atom is 0.117 e. The first kappa shape index (κ1) is 22.9. The number of nitrogens with zero attached hydrogens (tertiary/aromatic N) is 4. The van der Waals surface area contributed by atoms with Gasteiger partial charge in [-0.3, -0.25) is 15.0 Å². The SMILES string of the molecule is CCc1cc(SC)c(C)c(-c2cccc(CCCON=C(C)c3cccc(C)n3)n2)n1. The Balaban J connectivity index is 1.62. The van der Waals surface area contributed by atoms with E-state index < -0.39 is 0 Å². The summed E-state index contributed by atoms with van der Waals surface area (Å²) in [4.78, 5) is 21.0. The highest BCUT2D eigenvalue weighted by Crippen LogP contribution is 2.29. The zero-order chi connectivity index (χ0) is 22.2. The van der Waals surface area contributed by atoms with Crippen molar-refractivity contribution in [3.8, 4) is 11.4 Å². The number of hydrogen-bond acceptors (Lipinski definition) is 6. The predicted octanol–water partition coefficient (Wildman–Crippen LogP) is 5.81. The van der Waals surface area contributed by atoms with Crippen molar-refractivity contribution in [1.29, 1.82) is 0 Å². The van der Waals surface area contributed by atoms with Gasteiger partial charge in [-0.05, 0) is 82.2 Å². The van der Waals surface area contributed by atoms with Crippen molar-refractivity contribution in [2.45, 2.75) is 51.9 Å². The molecule has 0 radical (unpaired) electrons. The van der Waals surface area contributed by atoms with Crippen LogP contribution in [-0.2, 0) is 17.7 Å². The average Bonchev–Trinajstić information content (AvgIpc) is 2.79. The maximum absolute atomic E-state index is 5.51. The molecule has 0 amide bonds. The van der Waals surface area contributed by atoms with Gasteiger partial charge < -0.3 is 4.84 Å². The zero-order valence-corrected chi connectivity index (χ0v) is 19.8. The fraction of sp³-hybridized carbons (Fsp3) is 0.360. The topological polar surface area (TPSA) is 60.3 Å². The van der Waals surface area contributed by atoms with Crippen molar-refractivity contribution >= 4 is 17.5 Å². The molecule has 0 unspecified atom stereocenters. The lowest BCUT2D eigenvalue weighted by Gasteiger charge is -2.12. The third-order valence-corrected chi connectivity index (χ3v) is 5.90. The molecule has 0 aliphatic heterocycles. The van der Waals surface area contributed by atoms with Crippen LogP contribution in [0.4, 0.5) is 0 Å². The molecule has 0 N–H and O–H groups in total. The van der Waals surface area contributed by atoms with Crippen LogP contribution in [0.1, 0.15) is 48.6 Å². The molecular formula is C25H30N4OS. The molecule has 3 heterocycles. The Kier molecular flexibility index (Phi) is 8.18. The zero-order valence-electron chi connectivity index (χ0n) is 19.0. The van der Waals surface area contributed by atoms with Crippen molar-refractivity contribution < 1.29 is 4.84 Å². The van der Waals surface area contributed by atoms with E-state index in [1.165, 1.54) is 10.5 Å². The van der Waals surface area contributed by atoms with E-state index in [-0.39, 0.29) is 0 Å². The molecular weight excluding hydrogens is 404 g/mol. The van der Waals surface area contributed by atoms with Crippen LogP contribution in [0.2, 0.25) is 0 Å². The van der Waals surface area contributed by atoms with Gasteiger partial charge in [0.2, 0.25) is 0 Å². The van der Waals surface area contributed by atoms with Crippen molar-refractivity contribution in [3.05, 3.63) is 70.8 Å². The van der Waals surface area contributed by atoms with Gasteiger partial charge in [-0.25, -0.2) is 0 Å². The summed E-state index contributed by atoms with van der Waals surface area (Å²) in [7, 11) is 0. The van der Waals surface area contributed by atoms with Gasteiger partial charge in [0.05, 0.1) is 17.1 Å². The van der Waals surface area contributed by atoms with Crippen molar-refractivity contribution in [1.82, 2.24) is 15.0 Å². The van der Waals surface area contributed by atoms with Gasteiger partial charge in [-0.1, -0.05) is 24.2 Å². The Hall–Kier alpha value is -2.73. The normalized spacial score (nSPS) is 11.6. The first-order chi connectivity index (χ1) is 15.0. The molecule has 0 saturated heterocycles. The van der Waals surface area contributed by atoms with Gasteiger partial charge in [0.15, 0.2) is 0 Å². The van der Waals surface area contributed by atoms with Gasteiger partial charge in [0.25, 0.3) is 0 Å². The third-order valence-electron chi connectivity index (χ3n) is 5.04. The molecule has 6 heteroatoms. The van der Waals surface area contributed by atoms with E-state index in [4.69, 9.17) is 14.8 Å². The summed E-state index contributed by atoms with van der Waals surface area (Å²) in [6.07, 6.45) is 4.68. The Labute approximate surface area is 189 Å². The van der Waals surface area contributed by atoms with Gasteiger partial charge >= 0.3 is 0 Å². The second kappa shape index (κ2) is 11.0. The van der Waals surface area contributed by atoms with E-state index in [0.717, 1.165) is 59.1 Å². The molecule has 0 atom stereocenters. The van der Waals surface area contributed by atoms with Crippen LogP contribution in [0.15, 0.2) is 52.5 Å². The van der Waals surface area contributed by atoms with E-state index in [0.29, 0.717) is 6.61 Å². The van der Waals surface area contributed by atoms with E-state index >= 15 is 0 Å². The second-order valence-corrected chi connectivity index (χ2v) is 8.28. The van der Waals surface area contributed by atoms with Crippen LogP contribution in [-0.4, -0.2) is 33.5 Å². The molecule has 31 heavy (non-hydrogen) atoms. The summed E-state index contributed by atoms with van der Waals surface area (Å²) in [5.74, 6) is 0. The standard InChI is InChI=1S/C25H30N4OS/c1-6-20-16-24(31-5)18(3)25(28-20)23-14-8-11-21(27-23)12-9-15-30-29-19(4)22-13-7-10-17(2)26-22/h7-8,10-11,13-14,16H,6,9,12,15H2,1-5H3. The average molecular weight is 435 g/mol. The Bertz CT molecular complexity index is 1070.